The van der Waals surface area contributed by atoms with Gasteiger partial charge in [0.1, 0.15) is 0 Å². The van der Waals surface area contributed by atoms with Crippen LogP contribution in [0.3, 0.4) is 0 Å². The smallest absolute Gasteiger partial charge is 0.171 e. The molecule has 1 N–H and O–H groups in total. The molecule has 18 heavy (non-hydrogen) atoms. The van der Waals surface area contributed by atoms with Crippen LogP contribution in [0.5, 0.6) is 5.75 Å². The summed E-state index contributed by atoms with van der Waals surface area (Å²) in [5.41, 5.74) is 2.53. The van der Waals surface area contributed by atoms with E-state index in [0.717, 1.165) is 36.9 Å². The Labute approximate surface area is 112 Å². The minimum absolute atomic E-state index is 0.430. The summed E-state index contributed by atoms with van der Waals surface area (Å²) in [7, 11) is 1.62. The monoisotopic (exact) mass is 264 g/mol. The van der Waals surface area contributed by atoms with Gasteiger partial charge in [0, 0.05) is 6.20 Å². The number of pyridine rings is 1. The van der Waals surface area contributed by atoms with Crippen LogP contribution in [0.2, 0.25) is 5.15 Å². The molecule has 3 rings (SSSR count). The zero-order valence-corrected chi connectivity index (χ0v) is 11.2. The summed E-state index contributed by atoms with van der Waals surface area (Å²) in [6.45, 7) is 2.26. The van der Waals surface area contributed by atoms with E-state index >= 15 is 0 Å². The number of hydrogen-bond acceptors (Lipinski definition) is 3. The van der Waals surface area contributed by atoms with Crippen molar-refractivity contribution in [3.05, 3.63) is 29.1 Å². The molecule has 2 aliphatic rings. The molecular weight excluding hydrogens is 248 g/mol. The second-order valence-corrected chi connectivity index (χ2v) is 5.39. The van der Waals surface area contributed by atoms with Crippen LogP contribution in [0, 0.1) is 11.8 Å². The van der Waals surface area contributed by atoms with E-state index in [1.165, 1.54) is 12.0 Å². The van der Waals surface area contributed by atoms with Gasteiger partial charge < -0.3 is 10.1 Å². The van der Waals surface area contributed by atoms with Crippen molar-refractivity contribution in [1.82, 2.24) is 10.3 Å². The number of methoxy groups -OCH3 is 1. The molecule has 0 saturated carbocycles. The standard InChI is InChI=1S/C14H17ClN2O/c1-18-13-6-12(8-17-14(13)15)10-4-9-2-3-16-7-11(9)5-10/h4,6,8-9,11,16H,2-3,5,7H2,1H3/t9-,11-/m0/s1. The van der Waals surface area contributed by atoms with Crippen LogP contribution >= 0.6 is 11.6 Å². The fourth-order valence-electron chi connectivity index (χ4n) is 2.96. The maximum absolute atomic E-state index is 5.96. The fraction of sp³-hybridized carbons (Fsp3) is 0.500. The number of ether oxygens (including phenoxy) is 1. The molecule has 0 unspecified atom stereocenters. The average molecular weight is 265 g/mol. The second kappa shape index (κ2) is 4.90. The molecule has 0 aromatic carbocycles. The van der Waals surface area contributed by atoms with Gasteiger partial charge in [0.15, 0.2) is 10.9 Å². The largest absolute Gasteiger partial charge is 0.494 e. The molecule has 0 bridgehead atoms. The lowest BCUT2D eigenvalue weighted by atomic mass is 9.89. The third-order valence-corrected chi connectivity index (χ3v) is 4.25. The molecule has 1 aromatic rings. The molecule has 1 saturated heterocycles. The Morgan fingerprint density at radius 2 is 2.39 bits per heavy atom. The predicted octanol–water partition coefficient (Wildman–Crippen LogP) is 2.76. The number of nitrogens with zero attached hydrogens (tertiary/aromatic N) is 1. The highest BCUT2D eigenvalue weighted by molar-refractivity contribution is 6.30. The van der Waals surface area contributed by atoms with Crippen LogP contribution in [-0.2, 0) is 0 Å². The van der Waals surface area contributed by atoms with E-state index in [0.29, 0.717) is 10.9 Å². The topological polar surface area (TPSA) is 34.1 Å². The molecule has 2 atom stereocenters. The Morgan fingerprint density at radius 1 is 1.50 bits per heavy atom. The van der Waals surface area contributed by atoms with E-state index in [4.69, 9.17) is 16.3 Å². The van der Waals surface area contributed by atoms with Gasteiger partial charge in [-0.05, 0) is 55.0 Å². The Balaban J connectivity index is 1.87. The highest BCUT2D eigenvalue weighted by Crippen LogP contribution is 2.40. The number of rotatable bonds is 2. The Hall–Kier alpha value is -1.06. The van der Waals surface area contributed by atoms with Crippen LogP contribution in [0.4, 0.5) is 0 Å². The normalized spacial score (nSPS) is 26.7. The van der Waals surface area contributed by atoms with Crippen molar-refractivity contribution in [2.24, 2.45) is 11.8 Å². The molecule has 0 radical (unpaired) electrons. The van der Waals surface area contributed by atoms with Gasteiger partial charge in [-0.15, -0.1) is 0 Å². The molecule has 1 aliphatic heterocycles. The van der Waals surface area contributed by atoms with Gasteiger partial charge in [-0.3, -0.25) is 0 Å². The number of halogens is 1. The summed E-state index contributed by atoms with van der Waals surface area (Å²) >= 11 is 5.96. The zero-order valence-electron chi connectivity index (χ0n) is 10.4. The van der Waals surface area contributed by atoms with E-state index in [2.05, 4.69) is 16.4 Å². The van der Waals surface area contributed by atoms with Crippen LogP contribution < -0.4 is 10.1 Å². The highest BCUT2D eigenvalue weighted by Gasteiger charge is 2.30. The molecule has 4 heteroatoms. The van der Waals surface area contributed by atoms with Crippen molar-refractivity contribution >= 4 is 17.2 Å². The van der Waals surface area contributed by atoms with Crippen LogP contribution in [0.1, 0.15) is 18.4 Å². The van der Waals surface area contributed by atoms with Gasteiger partial charge >= 0.3 is 0 Å². The summed E-state index contributed by atoms with van der Waals surface area (Å²) in [5.74, 6) is 2.13. The van der Waals surface area contributed by atoms with Gasteiger partial charge in [-0.1, -0.05) is 17.7 Å². The lowest BCUT2D eigenvalue weighted by Crippen LogP contribution is -2.33. The molecule has 1 aromatic heterocycles. The fourth-order valence-corrected chi connectivity index (χ4v) is 3.14. The predicted molar refractivity (Wildman–Crippen MR) is 72.9 cm³/mol. The molecule has 96 valence electrons. The van der Waals surface area contributed by atoms with Crippen molar-refractivity contribution in [3.63, 3.8) is 0 Å². The molecule has 1 aliphatic carbocycles. The van der Waals surface area contributed by atoms with E-state index < -0.39 is 0 Å². The zero-order chi connectivity index (χ0) is 12.5. The first-order valence-electron chi connectivity index (χ1n) is 6.39. The first-order valence-corrected chi connectivity index (χ1v) is 6.77. The summed E-state index contributed by atoms with van der Waals surface area (Å²) in [4.78, 5) is 4.20. The summed E-state index contributed by atoms with van der Waals surface area (Å²) < 4.78 is 5.23. The van der Waals surface area contributed by atoms with Crippen LogP contribution in [0.25, 0.3) is 5.57 Å². The molecule has 2 heterocycles. The van der Waals surface area contributed by atoms with Gasteiger partial charge in [0.05, 0.1) is 7.11 Å². The van der Waals surface area contributed by atoms with Crippen molar-refractivity contribution in [1.29, 1.82) is 0 Å². The van der Waals surface area contributed by atoms with Crippen molar-refractivity contribution < 1.29 is 4.74 Å². The van der Waals surface area contributed by atoms with Crippen molar-refractivity contribution in [2.75, 3.05) is 20.2 Å². The lowest BCUT2D eigenvalue weighted by molar-refractivity contribution is 0.324. The van der Waals surface area contributed by atoms with Gasteiger partial charge in [0.2, 0.25) is 0 Å². The lowest BCUT2D eigenvalue weighted by Gasteiger charge is -2.25. The molecule has 0 spiro atoms. The number of piperidine rings is 1. The maximum Gasteiger partial charge on any atom is 0.171 e. The molecule has 3 nitrogen and oxygen atoms in total. The van der Waals surface area contributed by atoms with E-state index in [1.807, 2.05) is 12.3 Å². The SMILES string of the molecule is COc1cc(C2=C[C@@H]3CCNC[C@@H]3C2)cnc1Cl. The number of fused-ring (bicyclic) bond motifs is 1. The average Bonchev–Trinajstić information content (AvgIpc) is 2.83. The van der Waals surface area contributed by atoms with Gasteiger partial charge in [-0.2, -0.15) is 0 Å². The highest BCUT2D eigenvalue weighted by atomic mass is 35.5. The molecular formula is C14H17ClN2O. The Bertz CT molecular complexity index is 487. The first-order chi connectivity index (χ1) is 8.78. The summed E-state index contributed by atoms with van der Waals surface area (Å²) in [5, 5.41) is 3.89. The Kier molecular flexibility index (Phi) is 3.27. The minimum Gasteiger partial charge on any atom is -0.494 e. The molecule has 1 fully saturated rings. The number of allylic oxidation sites excluding steroid dienone is 2. The number of nitrogens with one attached hydrogen (secondary N) is 1. The summed E-state index contributed by atoms with van der Waals surface area (Å²) in [6.07, 6.45) is 6.63. The van der Waals surface area contributed by atoms with Crippen molar-refractivity contribution in [2.45, 2.75) is 12.8 Å². The third kappa shape index (κ3) is 2.13. The quantitative estimate of drug-likeness (QED) is 0.834. The second-order valence-electron chi connectivity index (χ2n) is 5.03. The molecule has 0 amide bonds. The first kappa shape index (κ1) is 12.0. The minimum atomic E-state index is 0.430. The van der Waals surface area contributed by atoms with Crippen molar-refractivity contribution in [3.8, 4) is 5.75 Å². The Morgan fingerprint density at radius 3 is 3.17 bits per heavy atom. The van der Waals surface area contributed by atoms with Crippen LogP contribution in [-0.4, -0.2) is 25.2 Å². The van der Waals surface area contributed by atoms with Gasteiger partial charge in [-0.25, -0.2) is 4.98 Å². The van der Waals surface area contributed by atoms with E-state index in [-0.39, 0.29) is 0 Å². The van der Waals surface area contributed by atoms with E-state index in [1.54, 1.807) is 7.11 Å². The third-order valence-electron chi connectivity index (χ3n) is 3.96. The summed E-state index contributed by atoms with van der Waals surface area (Å²) in [6, 6.07) is 1.99. The number of aromatic nitrogens is 1. The van der Waals surface area contributed by atoms with Gasteiger partial charge in [0.25, 0.3) is 0 Å². The van der Waals surface area contributed by atoms with Crippen LogP contribution in [0.15, 0.2) is 18.3 Å². The van der Waals surface area contributed by atoms with E-state index in [9.17, 15) is 0 Å². The number of hydrogen-bond donors (Lipinski definition) is 1. The maximum atomic E-state index is 5.96.